The van der Waals surface area contributed by atoms with Crippen molar-refractivity contribution in [3.8, 4) is 0 Å². The molecule has 2 aliphatic rings. The highest BCUT2D eigenvalue weighted by Gasteiger charge is 2.47. The van der Waals surface area contributed by atoms with Gasteiger partial charge in [-0.25, -0.2) is 0 Å². The maximum Gasteiger partial charge on any atom is 0.0309 e. The Bertz CT molecular complexity index is 328. The average Bonchev–Trinajstić information content (AvgIpc) is 3.30. The van der Waals surface area contributed by atoms with Crippen LogP contribution in [0.1, 0.15) is 60.3 Å². The Morgan fingerprint density at radius 1 is 1.29 bits per heavy atom. The second-order valence-corrected chi connectivity index (χ2v) is 9.16. The van der Waals surface area contributed by atoms with E-state index in [0.29, 0.717) is 16.3 Å². The lowest BCUT2D eigenvalue weighted by Crippen LogP contribution is -2.66. The lowest BCUT2D eigenvalue weighted by atomic mass is 9.86. The van der Waals surface area contributed by atoms with Gasteiger partial charge in [0.2, 0.25) is 0 Å². The van der Waals surface area contributed by atoms with Crippen LogP contribution in [0.5, 0.6) is 0 Å². The summed E-state index contributed by atoms with van der Waals surface area (Å²) < 4.78 is 0.439. The first-order valence-electron chi connectivity index (χ1n) is 8.94. The fourth-order valence-electron chi connectivity index (χ4n) is 4.08. The Morgan fingerprint density at radius 3 is 2.33 bits per heavy atom. The summed E-state index contributed by atoms with van der Waals surface area (Å²) >= 11 is 2.09. The minimum atomic E-state index is 0.358. The van der Waals surface area contributed by atoms with Gasteiger partial charge in [0.1, 0.15) is 0 Å². The zero-order valence-electron chi connectivity index (χ0n) is 15.0. The predicted molar refractivity (Wildman–Crippen MR) is 96.2 cm³/mol. The molecule has 0 amide bonds. The third-order valence-corrected chi connectivity index (χ3v) is 7.75. The lowest BCUT2D eigenvalue weighted by Gasteiger charge is -2.51. The van der Waals surface area contributed by atoms with Crippen LogP contribution in [0.2, 0.25) is 0 Å². The summed E-state index contributed by atoms with van der Waals surface area (Å²) in [5.41, 5.74) is 0.358. The van der Waals surface area contributed by atoms with Crippen molar-refractivity contribution in [3.05, 3.63) is 0 Å². The first-order chi connectivity index (χ1) is 9.89. The molecule has 3 heteroatoms. The second kappa shape index (κ2) is 6.80. The van der Waals surface area contributed by atoms with Crippen molar-refractivity contribution in [1.82, 2.24) is 10.2 Å². The van der Waals surface area contributed by atoms with Gasteiger partial charge >= 0.3 is 0 Å². The highest BCUT2D eigenvalue weighted by Crippen LogP contribution is 2.43. The number of nitrogens with zero attached hydrogens (tertiary/aromatic N) is 1. The van der Waals surface area contributed by atoms with Gasteiger partial charge in [0.05, 0.1) is 0 Å². The maximum absolute atomic E-state index is 3.91. The Morgan fingerprint density at radius 2 is 1.90 bits per heavy atom. The molecule has 2 nitrogen and oxygen atoms in total. The van der Waals surface area contributed by atoms with Crippen LogP contribution in [0.25, 0.3) is 0 Å². The fourth-order valence-corrected chi connectivity index (χ4v) is 4.96. The zero-order chi connectivity index (χ0) is 15.7. The molecular weight excluding hydrogens is 276 g/mol. The molecule has 1 aliphatic carbocycles. The van der Waals surface area contributed by atoms with Crippen molar-refractivity contribution >= 4 is 11.8 Å². The Kier molecular flexibility index (Phi) is 5.71. The summed E-state index contributed by atoms with van der Waals surface area (Å²) in [5, 5.41) is 3.91. The van der Waals surface area contributed by atoms with E-state index in [4.69, 9.17) is 0 Å². The van der Waals surface area contributed by atoms with E-state index in [1.807, 2.05) is 0 Å². The van der Waals surface area contributed by atoms with Gasteiger partial charge in [0, 0.05) is 36.0 Å². The summed E-state index contributed by atoms with van der Waals surface area (Å²) in [6.45, 7) is 15.6. The van der Waals surface area contributed by atoms with E-state index in [-0.39, 0.29) is 0 Å². The zero-order valence-corrected chi connectivity index (χ0v) is 15.9. The lowest BCUT2D eigenvalue weighted by molar-refractivity contribution is 0.0437. The molecule has 21 heavy (non-hydrogen) atoms. The van der Waals surface area contributed by atoms with Crippen LogP contribution in [-0.2, 0) is 0 Å². The van der Waals surface area contributed by atoms with Crippen molar-refractivity contribution in [2.75, 3.05) is 25.9 Å². The summed E-state index contributed by atoms with van der Waals surface area (Å²) in [4.78, 5) is 2.84. The largest absolute Gasteiger partial charge is 0.308 e. The topological polar surface area (TPSA) is 15.3 Å². The Balaban J connectivity index is 2.13. The SMILES string of the molecule is CCC(CC)(CN1CC(C)(C2CC2)NCC1C(C)C)SC. The van der Waals surface area contributed by atoms with Crippen molar-refractivity contribution in [2.24, 2.45) is 11.8 Å². The smallest absolute Gasteiger partial charge is 0.0309 e. The number of nitrogens with one attached hydrogen (secondary N) is 1. The van der Waals surface area contributed by atoms with Crippen LogP contribution in [0.15, 0.2) is 0 Å². The first kappa shape index (κ1) is 17.6. The quantitative estimate of drug-likeness (QED) is 0.765. The van der Waals surface area contributed by atoms with Gasteiger partial charge in [-0.15, -0.1) is 0 Å². The fraction of sp³-hybridized carbons (Fsp3) is 1.00. The van der Waals surface area contributed by atoms with Crippen LogP contribution < -0.4 is 5.32 Å². The van der Waals surface area contributed by atoms with E-state index in [0.717, 1.165) is 11.8 Å². The van der Waals surface area contributed by atoms with Crippen molar-refractivity contribution in [3.63, 3.8) is 0 Å². The van der Waals surface area contributed by atoms with E-state index in [1.165, 1.54) is 45.3 Å². The Labute approximate surface area is 136 Å². The molecule has 0 bridgehead atoms. The molecule has 1 heterocycles. The maximum atomic E-state index is 3.91. The molecule has 0 spiro atoms. The van der Waals surface area contributed by atoms with Gasteiger partial charge in [-0.05, 0) is 50.7 Å². The normalized spacial score (nSPS) is 31.9. The molecular formula is C18H36N2S. The van der Waals surface area contributed by atoms with Crippen LogP contribution in [-0.4, -0.2) is 47.1 Å². The first-order valence-corrected chi connectivity index (χ1v) is 10.2. The Hall–Kier alpha value is 0.270. The number of rotatable bonds is 7. The van der Waals surface area contributed by atoms with Crippen LogP contribution >= 0.6 is 11.8 Å². The molecule has 2 unspecified atom stereocenters. The van der Waals surface area contributed by atoms with E-state index in [1.54, 1.807) is 0 Å². The van der Waals surface area contributed by atoms with Crippen molar-refractivity contribution < 1.29 is 0 Å². The molecule has 0 aromatic rings. The highest BCUT2D eigenvalue weighted by molar-refractivity contribution is 8.00. The van der Waals surface area contributed by atoms with Gasteiger partial charge in [-0.2, -0.15) is 11.8 Å². The monoisotopic (exact) mass is 312 g/mol. The third-order valence-electron chi connectivity index (χ3n) is 6.18. The van der Waals surface area contributed by atoms with Gasteiger partial charge in [-0.1, -0.05) is 27.7 Å². The minimum absolute atomic E-state index is 0.358. The third kappa shape index (κ3) is 3.79. The van der Waals surface area contributed by atoms with E-state index >= 15 is 0 Å². The minimum Gasteiger partial charge on any atom is -0.308 e. The van der Waals surface area contributed by atoms with Crippen LogP contribution in [0.3, 0.4) is 0 Å². The molecule has 2 atom stereocenters. The van der Waals surface area contributed by atoms with Gasteiger partial charge in [0.15, 0.2) is 0 Å². The molecule has 1 aliphatic heterocycles. The molecule has 1 saturated heterocycles. The summed E-state index contributed by atoms with van der Waals surface area (Å²) in [6, 6.07) is 0.696. The molecule has 2 rings (SSSR count). The standard InChI is InChI=1S/C18H36N2S/c1-7-18(8-2,21-6)13-20-12-17(5,15-9-10-15)19-11-16(20)14(3)4/h14-16,19H,7-13H2,1-6H3. The van der Waals surface area contributed by atoms with Gasteiger partial charge < -0.3 is 5.32 Å². The van der Waals surface area contributed by atoms with Crippen molar-refractivity contribution in [2.45, 2.75) is 76.6 Å². The van der Waals surface area contributed by atoms with Crippen LogP contribution in [0, 0.1) is 11.8 Å². The number of hydrogen-bond donors (Lipinski definition) is 1. The summed E-state index contributed by atoms with van der Waals surface area (Å²) in [5.74, 6) is 1.65. The average molecular weight is 313 g/mol. The molecule has 1 saturated carbocycles. The predicted octanol–water partition coefficient (Wildman–Crippen LogP) is 4.01. The van der Waals surface area contributed by atoms with Crippen molar-refractivity contribution in [1.29, 1.82) is 0 Å². The van der Waals surface area contributed by atoms with Gasteiger partial charge in [-0.3, -0.25) is 4.90 Å². The summed E-state index contributed by atoms with van der Waals surface area (Å²) in [6.07, 6.45) is 7.72. The van der Waals surface area contributed by atoms with E-state index < -0.39 is 0 Å². The molecule has 2 fully saturated rings. The summed E-state index contributed by atoms with van der Waals surface area (Å²) in [7, 11) is 0. The van der Waals surface area contributed by atoms with E-state index in [2.05, 4.69) is 62.9 Å². The second-order valence-electron chi connectivity index (χ2n) is 7.88. The number of hydrogen-bond acceptors (Lipinski definition) is 3. The molecule has 0 aromatic heterocycles. The van der Waals surface area contributed by atoms with Gasteiger partial charge in [0.25, 0.3) is 0 Å². The molecule has 124 valence electrons. The van der Waals surface area contributed by atoms with E-state index in [9.17, 15) is 0 Å². The van der Waals surface area contributed by atoms with Crippen LogP contribution in [0.4, 0.5) is 0 Å². The molecule has 0 radical (unpaired) electrons. The number of piperazine rings is 1. The molecule has 0 aromatic carbocycles. The highest BCUT2D eigenvalue weighted by atomic mass is 32.2. The molecule has 1 N–H and O–H groups in total. The number of thioether (sulfide) groups is 1.